The fourth-order valence-corrected chi connectivity index (χ4v) is 2.34. The van der Waals surface area contributed by atoms with E-state index in [4.69, 9.17) is 4.74 Å². The van der Waals surface area contributed by atoms with Gasteiger partial charge in [0.25, 0.3) is 0 Å². The SMILES string of the molecule is CCC(=O)C(=C\CC(C)C)/C(=C/C(=O)OC(C)(C)CC)c1ccccc1. The number of esters is 1. The van der Waals surface area contributed by atoms with Crippen LogP contribution in [0.1, 0.15) is 66.4 Å². The molecular formula is C23H32O3. The lowest BCUT2D eigenvalue weighted by molar-refractivity contribution is -0.150. The van der Waals surface area contributed by atoms with Gasteiger partial charge in [-0.15, -0.1) is 0 Å². The molecule has 0 fully saturated rings. The maximum Gasteiger partial charge on any atom is 0.331 e. The van der Waals surface area contributed by atoms with Crippen LogP contribution in [0.2, 0.25) is 0 Å². The summed E-state index contributed by atoms with van der Waals surface area (Å²) in [6, 6.07) is 9.55. The van der Waals surface area contributed by atoms with Crippen molar-refractivity contribution < 1.29 is 14.3 Å². The van der Waals surface area contributed by atoms with Crippen LogP contribution in [0.4, 0.5) is 0 Å². The lowest BCUT2D eigenvalue weighted by Gasteiger charge is -2.23. The highest BCUT2D eigenvalue weighted by molar-refractivity contribution is 6.13. The Morgan fingerprint density at radius 3 is 2.23 bits per heavy atom. The van der Waals surface area contributed by atoms with Gasteiger partial charge in [-0.3, -0.25) is 4.79 Å². The minimum Gasteiger partial charge on any atom is -0.457 e. The Kier molecular flexibility index (Phi) is 8.50. The van der Waals surface area contributed by atoms with E-state index < -0.39 is 11.6 Å². The summed E-state index contributed by atoms with van der Waals surface area (Å²) in [4.78, 5) is 25.1. The third kappa shape index (κ3) is 6.99. The third-order valence-electron chi connectivity index (χ3n) is 4.28. The molecule has 0 aromatic heterocycles. The number of hydrogen-bond donors (Lipinski definition) is 0. The molecule has 0 N–H and O–H groups in total. The molecule has 0 unspecified atom stereocenters. The second-order valence-electron chi connectivity index (χ2n) is 7.48. The van der Waals surface area contributed by atoms with Crippen LogP contribution in [0.15, 0.2) is 48.1 Å². The predicted molar refractivity (Wildman–Crippen MR) is 108 cm³/mol. The molecule has 1 aromatic rings. The highest BCUT2D eigenvalue weighted by Gasteiger charge is 2.22. The van der Waals surface area contributed by atoms with Crippen molar-refractivity contribution in [3.05, 3.63) is 53.6 Å². The van der Waals surface area contributed by atoms with Gasteiger partial charge >= 0.3 is 5.97 Å². The summed E-state index contributed by atoms with van der Waals surface area (Å²) >= 11 is 0. The van der Waals surface area contributed by atoms with Crippen LogP contribution in [0.5, 0.6) is 0 Å². The van der Waals surface area contributed by atoms with E-state index in [1.807, 2.05) is 64.1 Å². The number of benzene rings is 1. The number of rotatable bonds is 9. The number of Topliss-reactive ketones (excluding diaryl/α,β-unsaturated/α-hetero) is 1. The van der Waals surface area contributed by atoms with E-state index >= 15 is 0 Å². The molecule has 0 saturated carbocycles. The van der Waals surface area contributed by atoms with Crippen molar-refractivity contribution in [1.82, 2.24) is 0 Å². The van der Waals surface area contributed by atoms with Crippen LogP contribution in [0.3, 0.4) is 0 Å². The molecule has 0 aliphatic carbocycles. The fraction of sp³-hybridized carbons (Fsp3) is 0.478. The number of ketones is 1. The van der Waals surface area contributed by atoms with Gasteiger partial charge in [-0.25, -0.2) is 4.79 Å². The van der Waals surface area contributed by atoms with Crippen molar-refractivity contribution >= 4 is 17.3 Å². The molecule has 142 valence electrons. The number of hydrogen-bond acceptors (Lipinski definition) is 3. The summed E-state index contributed by atoms with van der Waals surface area (Å²) < 4.78 is 5.57. The van der Waals surface area contributed by atoms with Crippen LogP contribution in [0, 0.1) is 5.92 Å². The van der Waals surface area contributed by atoms with Gasteiger partial charge in [-0.05, 0) is 43.7 Å². The zero-order valence-corrected chi connectivity index (χ0v) is 17.0. The maximum atomic E-state index is 12.6. The first kappa shape index (κ1) is 21.9. The Morgan fingerprint density at radius 1 is 1.12 bits per heavy atom. The van der Waals surface area contributed by atoms with Gasteiger partial charge in [0.2, 0.25) is 0 Å². The molecule has 1 aromatic carbocycles. The van der Waals surface area contributed by atoms with Crippen molar-refractivity contribution in [2.24, 2.45) is 5.92 Å². The topological polar surface area (TPSA) is 43.4 Å². The lowest BCUT2D eigenvalue weighted by Crippen LogP contribution is -2.26. The molecule has 0 aliphatic heterocycles. The summed E-state index contributed by atoms with van der Waals surface area (Å²) in [5.74, 6) is 0.0380. The normalized spacial score (nSPS) is 13.0. The molecule has 0 saturated heterocycles. The Hall–Kier alpha value is -2.16. The fourth-order valence-electron chi connectivity index (χ4n) is 2.34. The van der Waals surface area contributed by atoms with Crippen molar-refractivity contribution in [2.75, 3.05) is 0 Å². The van der Waals surface area contributed by atoms with E-state index in [0.717, 1.165) is 18.4 Å². The Labute approximate surface area is 158 Å². The highest BCUT2D eigenvalue weighted by atomic mass is 16.6. The third-order valence-corrected chi connectivity index (χ3v) is 4.28. The van der Waals surface area contributed by atoms with E-state index in [2.05, 4.69) is 13.8 Å². The van der Waals surface area contributed by atoms with Crippen molar-refractivity contribution in [1.29, 1.82) is 0 Å². The number of carbonyl (C=O) groups is 2. The van der Waals surface area contributed by atoms with Gasteiger partial charge in [-0.2, -0.15) is 0 Å². The zero-order chi connectivity index (χ0) is 19.7. The average Bonchev–Trinajstić information content (AvgIpc) is 2.60. The summed E-state index contributed by atoms with van der Waals surface area (Å²) in [7, 11) is 0. The molecule has 0 atom stereocenters. The summed E-state index contributed by atoms with van der Waals surface area (Å²) in [5, 5.41) is 0. The van der Waals surface area contributed by atoms with E-state index in [9.17, 15) is 9.59 Å². The van der Waals surface area contributed by atoms with Crippen LogP contribution < -0.4 is 0 Å². The minimum atomic E-state index is -0.536. The molecule has 0 spiro atoms. The number of allylic oxidation sites excluding steroid dienone is 3. The predicted octanol–water partition coefficient (Wildman–Crippen LogP) is 5.75. The first-order valence-electron chi connectivity index (χ1n) is 9.44. The molecule has 3 heteroatoms. The molecule has 0 bridgehead atoms. The van der Waals surface area contributed by atoms with Crippen LogP contribution >= 0.6 is 0 Å². The quantitative estimate of drug-likeness (QED) is 0.321. The largest absolute Gasteiger partial charge is 0.457 e. The smallest absolute Gasteiger partial charge is 0.331 e. The first-order valence-corrected chi connectivity index (χ1v) is 9.44. The molecular weight excluding hydrogens is 324 g/mol. The standard InChI is InChI=1S/C23H32O3/c1-7-21(24)19(15-14-17(3)4)20(18-12-10-9-11-13-18)16-22(25)26-23(5,6)8-2/h9-13,15-17H,7-8,14H2,1-6H3/b19-15-,20-16+. The second-order valence-corrected chi connectivity index (χ2v) is 7.48. The molecule has 0 radical (unpaired) electrons. The van der Waals surface area contributed by atoms with Gasteiger partial charge < -0.3 is 4.74 Å². The van der Waals surface area contributed by atoms with Gasteiger partial charge in [0.1, 0.15) is 5.60 Å². The molecule has 0 amide bonds. The van der Waals surface area contributed by atoms with E-state index in [-0.39, 0.29) is 5.78 Å². The summed E-state index contributed by atoms with van der Waals surface area (Å²) in [6.07, 6.45) is 5.31. The van der Waals surface area contributed by atoms with Crippen molar-refractivity contribution in [3.8, 4) is 0 Å². The van der Waals surface area contributed by atoms with Gasteiger partial charge in [0.05, 0.1) is 0 Å². The van der Waals surface area contributed by atoms with Gasteiger partial charge in [-0.1, -0.05) is 64.1 Å². The maximum absolute atomic E-state index is 12.6. The Balaban J connectivity index is 3.39. The number of carbonyl (C=O) groups excluding carboxylic acids is 2. The van der Waals surface area contributed by atoms with Crippen LogP contribution in [-0.4, -0.2) is 17.4 Å². The molecule has 0 aliphatic rings. The van der Waals surface area contributed by atoms with E-state index in [0.29, 0.717) is 23.5 Å². The van der Waals surface area contributed by atoms with E-state index in [1.54, 1.807) is 0 Å². The minimum absolute atomic E-state index is 0.0308. The van der Waals surface area contributed by atoms with E-state index in [1.165, 1.54) is 6.08 Å². The van der Waals surface area contributed by atoms with Crippen LogP contribution in [-0.2, 0) is 14.3 Å². The van der Waals surface area contributed by atoms with Crippen LogP contribution in [0.25, 0.3) is 5.57 Å². The lowest BCUT2D eigenvalue weighted by atomic mass is 9.91. The van der Waals surface area contributed by atoms with Crippen molar-refractivity contribution in [2.45, 2.75) is 66.4 Å². The first-order chi connectivity index (χ1) is 12.2. The zero-order valence-electron chi connectivity index (χ0n) is 17.0. The van der Waals surface area contributed by atoms with Gasteiger partial charge in [0, 0.05) is 18.1 Å². The Morgan fingerprint density at radius 2 is 1.73 bits per heavy atom. The molecule has 0 heterocycles. The summed E-state index contributed by atoms with van der Waals surface area (Å²) in [5.41, 5.74) is 1.54. The molecule has 3 nitrogen and oxygen atoms in total. The average molecular weight is 357 g/mol. The highest BCUT2D eigenvalue weighted by Crippen LogP contribution is 2.27. The Bertz CT molecular complexity index is 664. The molecule has 26 heavy (non-hydrogen) atoms. The number of ether oxygens (including phenoxy) is 1. The summed E-state index contributed by atoms with van der Waals surface area (Å²) in [6.45, 7) is 11.8. The second kappa shape index (κ2) is 10.1. The van der Waals surface area contributed by atoms with Gasteiger partial charge in [0.15, 0.2) is 5.78 Å². The molecule has 1 rings (SSSR count). The van der Waals surface area contributed by atoms with Crippen molar-refractivity contribution in [3.63, 3.8) is 0 Å². The monoisotopic (exact) mass is 356 g/mol.